The molecule has 1 saturated carbocycles. The second-order valence-electron chi connectivity index (χ2n) is 4.86. The largest absolute Gasteiger partial charge is 0.329 e. The molecular weight excluding hydrogens is 184 g/mol. The Morgan fingerprint density at radius 1 is 1.13 bits per heavy atom. The van der Waals surface area contributed by atoms with Crippen LogP contribution in [0.3, 0.4) is 0 Å². The highest BCUT2D eigenvalue weighted by Gasteiger charge is 2.36. The summed E-state index contributed by atoms with van der Waals surface area (Å²) in [6, 6.07) is 0.804. The molecule has 0 bridgehead atoms. The standard InChI is InChI=1S/C13H28N2/c1-4-13(5-2,11-14)15(6-3)12-9-7-8-10-12/h12H,4-11,14H2,1-3H3. The van der Waals surface area contributed by atoms with Crippen LogP contribution in [0, 0.1) is 0 Å². The Morgan fingerprint density at radius 3 is 2.00 bits per heavy atom. The number of nitrogens with two attached hydrogens (primary N) is 1. The Balaban J connectivity index is 2.76. The van der Waals surface area contributed by atoms with Crippen LogP contribution in [0.25, 0.3) is 0 Å². The van der Waals surface area contributed by atoms with Crippen molar-refractivity contribution in [2.24, 2.45) is 5.73 Å². The lowest BCUT2D eigenvalue weighted by Gasteiger charge is -2.45. The topological polar surface area (TPSA) is 29.3 Å². The number of rotatable bonds is 6. The molecule has 2 heteroatoms. The van der Waals surface area contributed by atoms with Gasteiger partial charge in [0.1, 0.15) is 0 Å². The van der Waals surface area contributed by atoms with E-state index in [1.807, 2.05) is 0 Å². The van der Waals surface area contributed by atoms with Gasteiger partial charge in [-0.05, 0) is 32.2 Å². The third-order valence-corrected chi connectivity index (χ3v) is 4.41. The highest BCUT2D eigenvalue weighted by Crippen LogP contribution is 2.32. The highest BCUT2D eigenvalue weighted by molar-refractivity contribution is 4.93. The molecule has 1 rings (SSSR count). The van der Waals surface area contributed by atoms with E-state index in [0.717, 1.165) is 19.1 Å². The van der Waals surface area contributed by atoms with Crippen LogP contribution in [0.4, 0.5) is 0 Å². The molecular formula is C13H28N2. The molecule has 0 atom stereocenters. The molecule has 0 aromatic carbocycles. The Labute approximate surface area is 95.2 Å². The van der Waals surface area contributed by atoms with Gasteiger partial charge >= 0.3 is 0 Å². The molecule has 0 unspecified atom stereocenters. The van der Waals surface area contributed by atoms with E-state index in [1.165, 1.54) is 38.5 Å². The first-order chi connectivity index (χ1) is 7.24. The molecule has 0 radical (unpaired) electrons. The molecule has 90 valence electrons. The van der Waals surface area contributed by atoms with E-state index < -0.39 is 0 Å². The third kappa shape index (κ3) is 2.54. The molecule has 0 heterocycles. The van der Waals surface area contributed by atoms with Crippen molar-refractivity contribution in [2.45, 2.75) is 70.9 Å². The first kappa shape index (κ1) is 13.0. The Hall–Kier alpha value is -0.0800. The summed E-state index contributed by atoms with van der Waals surface area (Å²) in [5.41, 5.74) is 6.30. The van der Waals surface area contributed by atoms with Gasteiger partial charge in [-0.2, -0.15) is 0 Å². The molecule has 0 aromatic rings. The van der Waals surface area contributed by atoms with Crippen molar-refractivity contribution in [3.05, 3.63) is 0 Å². The minimum atomic E-state index is 0.268. The molecule has 2 nitrogen and oxygen atoms in total. The molecule has 15 heavy (non-hydrogen) atoms. The summed E-state index contributed by atoms with van der Waals surface area (Å²) in [7, 11) is 0. The van der Waals surface area contributed by atoms with Gasteiger partial charge in [-0.25, -0.2) is 0 Å². The van der Waals surface area contributed by atoms with E-state index in [2.05, 4.69) is 25.7 Å². The first-order valence-electron chi connectivity index (χ1n) is 6.70. The van der Waals surface area contributed by atoms with E-state index in [9.17, 15) is 0 Å². The maximum Gasteiger partial charge on any atom is 0.0329 e. The Bertz CT molecular complexity index is 161. The van der Waals surface area contributed by atoms with Crippen LogP contribution in [0.15, 0.2) is 0 Å². The zero-order valence-corrected chi connectivity index (χ0v) is 10.8. The zero-order valence-electron chi connectivity index (χ0n) is 10.8. The van der Waals surface area contributed by atoms with Gasteiger partial charge in [0.05, 0.1) is 0 Å². The number of hydrogen-bond donors (Lipinski definition) is 1. The number of hydrogen-bond acceptors (Lipinski definition) is 2. The van der Waals surface area contributed by atoms with Crippen LogP contribution in [0.5, 0.6) is 0 Å². The van der Waals surface area contributed by atoms with Gasteiger partial charge in [0.2, 0.25) is 0 Å². The van der Waals surface area contributed by atoms with Crippen molar-refractivity contribution in [3.63, 3.8) is 0 Å². The summed E-state index contributed by atoms with van der Waals surface area (Å²) in [5.74, 6) is 0. The van der Waals surface area contributed by atoms with Gasteiger partial charge in [0, 0.05) is 18.1 Å². The normalized spacial score (nSPS) is 19.0. The third-order valence-electron chi connectivity index (χ3n) is 4.41. The second kappa shape index (κ2) is 5.86. The summed E-state index contributed by atoms with van der Waals surface area (Å²) in [6.45, 7) is 8.82. The molecule has 0 aromatic heterocycles. The van der Waals surface area contributed by atoms with Gasteiger partial charge in [-0.15, -0.1) is 0 Å². The molecule has 2 N–H and O–H groups in total. The second-order valence-corrected chi connectivity index (χ2v) is 4.86. The van der Waals surface area contributed by atoms with Crippen LogP contribution in [-0.2, 0) is 0 Å². The van der Waals surface area contributed by atoms with Crippen molar-refractivity contribution in [2.75, 3.05) is 13.1 Å². The smallest absolute Gasteiger partial charge is 0.0329 e. The molecule has 1 aliphatic rings. The summed E-state index contributed by atoms with van der Waals surface area (Å²) in [5, 5.41) is 0. The lowest BCUT2D eigenvalue weighted by molar-refractivity contribution is 0.0477. The van der Waals surface area contributed by atoms with Crippen molar-refractivity contribution in [3.8, 4) is 0 Å². The zero-order chi connectivity index (χ0) is 11.3. The maximum atomic E-state index is 6.03. The SMILES string of the molecule is CCN(C1CCCC1)C(CC)(CC)CN. The van der Waals surface area contributed by atoms with Crippen LogP contribution >= 0.6 is 0 Å². The van der Waals surface area contributed by atoms with Crippen molar-refractivity contribution in [1.82, 2.24) is 4.90 Å². The summed E-state index contributed by atoms with van der Waals surface area (Å²) in [4.78, 5) is 2.69. The molecule has 0 spiro atoms. The predicted octanol–water partition coefficient (Wildman–Crippen LogP) is 2.77. The van der Waals surface area contributed by atoms with Crippen molar-refractivity contribution < 1.29 is 0 Å². The minimum absolute atomic E-state index is 0.268. The van der Waals surface area contributed by atoms with Crippen LogP contribution in [0.1, 0.15) is 59.3 Å². The van der Waals surface area contributed by atoms with E-state index in [1.54, 1.807) is 0 Å². The van der Waals surface area contributed by atoms with Gasteiger partial charge in [0.15, 0.2) is 0 Å². The summed E-state index contributed by atoms with van der Waals surface area (Å²) < 4.78 is 0. The van der Waals surface area contributed by atoms with E-state index in [4.69, 9.17) is 5.73 Å². The quantitative estimate of drug-likeness (QED) is 0.733. The van der Waals surface area contributed by atoms with Crippen molar-refractivity contribution >= 4 is 0 Å². The van der Waals surface area contributed by atoms with Gasteiger partial charge in [-0.3, -0.25) is 4.90 Å². The lowest BCUT2D eigenvalue weighted by atomic mass is 9.88. The van der Waals surface area contributed by atoms with Gasteiger partial charge < -0.3 is 5.73 Å². The average Bonchev–Trinajstić information content (AvgIpc) is 2.79. The van der Waals surface area contributed by atoms with E-state index >= 15 is 0 Å². The molecule has 0 amide bonds. The van der Waals surface area contributed by atoms with Crippen molar-refractivity contribution in [1.29, 1.82) is 0 Å². The minimum Gasteiger partial charge on any atom is -0.329 e. The average molecular weight is 212 g/mol. The molecule has 1 aliphatic carbocycles. The number of likely N-dealkylation sites (N-methyl/N-ethyl adjacent to an activating group) is 1. The fourth-order valence-electron chi connectivity index (χ4n) is 3.26. The molecule has 1 fully saturated rings. The van der Waals surface area contributed by atoms with E-state index in [-0.39, 0.29) is 5.54 Å². The first-order valence-corrected chi connectivity index (χ1v) is 6.70. The fraction of sp³-hybridized carbons (Fsp3) is 1.00. The van der Waals surface area contributed by atoms with Gasteiger partial charge in [0.25, 0.3) is 0 Å². The Morgan fingerprint density at radius 2 is 1.67 bits per heavy atom. The van der Waals surface area contributed by atoms with E-state index in [0.29, 0.717) is 0 Å². The molecule has 0 saturated heterocycles. The summed E-state index contributed by atoms with van der Waals surface area (Å²) >= 11 is 0. The monoisotopic (exact) mass is 212 g/mol. The van der Waals surface area contributed by atoms with Crippen LogP contribution in [-0.4, -0.2) is 29.6 Å². The molecule has 0 aliphatic heterocycles. The Kier molecular flexibility index (Phi) is 5.07. The van der Waals surface area contributed by atoms with Crippen LogP contribution < -0.4 is 5.73 Å². The van der Waals surface area contributed by atoms with Crippen LogP contribution in [0.2, 0.25) is 0 Å². The lowest BCUT2D eigenvalue weighted by Crippen LogP contribution is -2.56. The number of nitrogens with zero attached hydrogens (tertiary/aromatic N) is 1. The van der Waals surface area contributed by atoms with Gasteiger partial charge in [-0.1, -0.05) is 33.6 Å². The fourth-order valence-corrected chi connectivity index (χ4v) is 3.26. The summed E-state index contributed by atoms with van der Waals surface area (Å²) in [6.07, 6.45) is 7.96. The maximum absolute atomic E-state index is 6.03. The highest BCUT2D eigenvalue weighted by atomic mass is 15.2. The predicted molar refractivity (Wildman–Crippen MR) is 67.0 cm³/mol.